The van der Waals surface area contributed by atoms with E-state index in [0.717, 1.165) is 18.4 Å². The Hall–Kier alpha value is -4.48. The third-order valence-electron chi connectivity index (χ3n) is 6.33. The van der Waals surface area contributed by atoms with Gasteiger partial charge in [0.05, 0.1) is 30.6 Å². The molecule has 3 aromatic rings. The van der Waals surface area contributed by atoms with E-state index in [0.29, 0.717) is 35.6 Å². The molecule has 194 valence electrons. The molecule has 1 aliphatic heterocycles. The minimum absolute atomic E-state index is 0.0533. The first-order valence-corrected chi connectivity index (χ1v) is 11.8. The normalized spacial score (nSPS) is 15.3. The highest BCUT2D eigenvalue weighted by atomic mass is 16.5. The van der Waals surface area contributed by atoms with Gasteiger partial charge in [0, 0.05) is 27.2 Å². The van der Waals surface area contributed by atoms with Crippen LogP contribution >= 0.6 is 0 Å². The van der Waals surface area contributed by atoms with E-state index in [4.69, 9.17) is 10.5 Å². The number of hydrogen-bond acceptors (Lipinski definition) is 8. The lowest BCUT2D eigenvalue weighted by molar-refractivity contribution is -0.128. The number of piperidine rings is 1. The number of benzene rings is 1. The Morgan fingerprint density at radius 3 is 2.78 bits per heavy atom. The molecule has 4 rings (SSSR count). The third-order valence-corrected chi connectivity index (χ3v) is 6.33. The summed E-state index contributed by atoms with van der Waals surface area (Å²) in [7, 11) is 4.86. The van der Waals surface area contributed by atoms with Crippen LogP contribution in [0.3, 0.4) is 0 Å². The van der Waals surface area contributed by atoms with Crippen LogP contribution in [0.15, 0.2) is 37.2 Å². The van der Waals surface area contributed by atoms with Gasteiger partial charge in [-0.15, -0.1) is 0 Å². The second-order valence-electron chi connectivity index (χ2n) is 8.99. The van der Waals surface area contributed by atoms with Crippen LogP contribution in [-0.2, 0) is 16.0 Å². The number of hydrogen-bond donors (Lipinski definition) is 2. The molecule has 0 aliphatic carbocycles. The van der Waals surface area contributed by atoms with Gasteiger partial charge in [0.25, 0.3) is 5.91 Å². The molecule has 0 spiro atoms. The van der Waals surface area contributed by atoms with E-state index in [1.165, 1.54) is 24.4 Å². The molecule has 3 amide bonds. The first-order valence-electron chi connectivity index (χ1n) is 11.8. The monoisotopic (exact) mass is 506 g/mol. The molecular formula is C25H30N8O4. The van der Waals surface area contributed by atoms with Crippen molar-refractivity contribution in [3.8, 4) is 5.75 Å². The van der Waals surface area contributed by atoms with Crippen molar-refractivity contribution in [2.45, 2.75) is 25.3 Å². The number of amides is 3. The van der Waals surface area contributed by atoms with Crippen molar-refractivity contribution in [1.82, 2.24) is 29.5 Å². The number of nitrogens with zero attached hydrogens (tertiary/aromatic N) is 6. The summed E-state index contributed by atoms with van der Waals surface area (Å²) in [6.45, 7) is 4.61. The molecule has 0 radical (unpaired) electrons. The van der Waals surface area contributed by atoms with Crippen LogP contribution in [0.4, 0.5) is 11.5 Å². The second-order valence-corrected chi connectivity index (χ2v) is 8.99. The molecule has 0 bridgehead atoms. The van der Waals surface area contributed by atoms with E-state index >= 15 is 0 Å². The summed E-state index contributed by atoms with van der Waals surface area (Å²) in [5.41, 5.74) is 7.79. The van der Waals surface area contributed by atoms with Gasteiger partial charge in [0.15, 0.2) is 11.3 Å². The summed E-state index contributed by atoms with van der Waals surface area (Å²) >= 11 is 0. The summed E-state index contributed by atoms with van der Waals surface area (Å²) in [6.07, 6.45) is 4.34. The zero-order valence-electron chi connectivity index (χ0n) is 21.1. The predicted octanol–water partition coefficient (Wildman–Crippen LogP) is 1.65. The number of likely N-dealkylation sites (N-methyl/N-ethyl adjacent to an activating group) is 1. The molecule has 1 fully saturated rings. The number of carbonyl (C=O) groups is 3. The zero-order valence-corrected chi connectivity index (χ0v) is 21.1. The molecule has 0 unspecified atom stereocenters. The van der Waals surface area contributed by atoms with Crippen molar-refractivity contribution >= 4 is 40.3 Å². The molecule has 1 saturated heterocycles. The molecule has 3 N–H and O–H groups in total. The number of likely N-dealkylation sites (tertiary alicyclic amines) is 1. The topological polar surface area (TPSA) is 149 Å². The lowest BCUT2D eigenvalue weighted by Crippen LogP contribution is -2.40. The lowest BCUT2D eigenvalue weighted by atomic mass is 10.1. The number of nitrogen functional groups attached to an aromatic ring is 1. The minimum atomic E-state index is -0.518. The highest BCUT2D eigenvalue weighted by Crippen LogP contribution is 2.31. The minimum Gasteiger partial charge on any atom is -0.495 e. The first-order chi connectivity index (χ1) is 17.7. The van der Waals surface area contributed by atoms with Gasteiger partial charge >= 0.3 is 0 Å². The van der Waals surface area contributed by atoms with Crippen LogP contribution in [0.5, 0.6) is 5.75 Å². The Labute approximate surface area is 214 Å². The van der Waals surface area contributed by atoms with Crippen molar-refractivity contribution in [3.05, 3.63) is 48.4 Å². The Morgan fingerprint density at radius 2 is 2.08 bits per heavy atom. The van der Waals surface area contributed by atoms with Gasteiger partial charge in [-0.3, -0.25) is 14.4 Å². The smallest absolute Gasteiger partial charge is 0.277 e. The van der Waals surface area contributed by atoms with Crippen LogP contribution in [0, 0.1) is 0 Å². The second kappa shape index (κ2) is 10.6. The summed E-state index contributed by atoms with van der Waals surface area (Å²) in [5.74, 6) is -0.203. The standard InChI is InChI=1S/C25H30N8O4/c1-5-19(34)32-10-6-7-16(13-32)33-24-21(23(26)27-14-28-24)22(30-33)25(36)29-17-9-8-15(11-18(17)37-4)12-20(35)31(2)3/h5,8-9,11,14,16H,1,6-7,10,12-13H2,2-4H3,(H,29,36)(H2,26,27,28)/t16-/m1/s1. The van der Waals surface area contributed by atoms with Crippen LogP contribution in [-0.4, -0.2) is 81.6 Å². The highest BCUT2D eigenvalue weighted by molar-refractivity contribution is 6.13. The van der Waals surface area contributed by atoms with Gasteiger partial charge in [-0.05, 0) is 36.6 Å². The molecule has 12 heteroatoms. The molecule has 3 heterocycles. The Kier molecular flexibility index (Phi) is 7.37. The predicted molar refractivity (Wildman–Crippen MR) is 138 cm³/mol. The van der Waals surface area contributed by atoms with Crippen LogP contribution in [0.1, 0.15) is 34.9 Å². The number of rotatable bonds is 7. The van der Waals surface area contributed by atoms with Gasteiger partial charge in [-0.1, -0.05) is 12.6 Å². The fraction of sp³-hybridized carbons (Fsp3) is 0.360. The number of anilines is 2. The summed E-state index contributed by atoms with van der Waals surface area (Å²) in [4.78, 5) is 49.3. The highest BCUT2D eigenvalue weighted by Gasteiger charge is 2.29. The van der Waals surface area contributed by atoms with Crippen molar-refractivity contribution < 1.29 is 19.1 Å². The van der Waals surface area contributed by atoms with Crippen molar-refractivity contribution in [3.63, 3.8) is 0 Å². The van der Waals surface area contributed by atoms with E-state index in [1.54, 1.807) is 41.9 Å². The van der Waals surface area contributed by atoms with E-state index in [2.05, 4.69) is 27.0 Å². The van der Waals surface area contributed by atoms with Crippen molar-refractivity contribution in [2.24, 2.45) is 0 Å². The van der Waals surface area contributed by atoms with Gasteiger partial charge < -0.3 is 25.6 Å². The maximum atomic E-state index is 13.4. The number of nitrogens with one attached hydrogen (secondary N) is 1. The number of nitrogens with two attached hydrogens (primary N) is 1. The average molecular weight is 507 g/mol. The Balaban J connectivity index is 1.65. The van der Waals surface area contributed by atoms with Crippen LogP contribution in [0.2, 0.25) is 0 Å². The maximum Gasteiger partial charge on any atom is 0.277 e. The fourth-order valence-corrected chi connectivity index (χ4v) is 4.36. The van der Waals surface area contributed by atoms with E-state index in [1.807, 2.05) is 0 Å². The van der Waals surface area contributed by atoms with Crippen molar-refractivity contribution in [1.29, 1.82) is 0 Å². The van der Waals surface area contributed by atoms with Crippen LogP contribution < -0.4 is 15.8 Å². The number of carbonyl (C=O) groups excluding carboxylic acids is 3. The van der Waals surface area contributed by atoms with Crippen molar-refractivity contribution in [2.75, 3.05) is 45.3 Å². The number of aromatic nitrogens is 4. The molecule has 1 atom stereocenters. The SMILES string of the molecule is C=CC(=O)N1CCC[C@@H](n2nc(C(=O)Nc3ccc(CC(=O)N(C)C)cc3OC)c3c(N)ncnc32)C1. The van der Waals surface area contributed by atoms with Gasteiger partial charge in [0.1, 0.15) is 17.9 Å². The molecule has 0 saturated carbocycles. The molecule has 1 aliphatic rings. The number of ether oxygens (including phenoxy) is 1. The molecule has 37 heavy (non-hydrogen) atoms. The fourth-order valence-electron chi connectivity index (χ4n) is 4.36. The van der Waals surface area contributed by atoms with Crippen LogP contribution in [0.25, 0.3) is 11.0 Å². The zero-order chi connectivity index (χ0) is 26.7. The molecule has 12 nitrogen and oxygen atoms in total. The van der Waals surface area contributed by atoms with Gasteiger partial charge in [-0.2, -0.15) is 5.10 Å². The number of methoxy groups -OCH3 is 1. The van der Waals surface area contributed by atoms with E-state index in [-0.39, 0.29) is 35.8 Å². The van der Waals surface area contributed by atoms with E-state index in [9.17, 15) is 14.4 Å². The third kappa shape index (κ3) is 5.22. The summed E-state index contributed by atoms with van der Waals surface area (Å²) < 4.78 is 7.11. The molecule has 2 aromatic heterocycles. The largest absolute Gasteiger partial charge is 0.495 e. The number of fused-ring (bicyclic) bond motifs is 1. The maximum absolute atomic E-state index is 13.4. The molecule has 1 aromatic carbocycles. The first kappa shape index (κ1) is 25.6. The summed E-state index contributed by atoms with van der Waals surface area (Å²) in [6, 6.07) is 4.94. The Bertz CT molecular complexity index is 1370. The Morgan fingerprint density at radius 1 is 1.30 bits per heavy atom. The van der Waals surface area contributed by atoms with Gasteiger partial charge in [-0.25, -0.2) is 14.6 Å². The summed E-state index contributed by atoms with van der Waals surface area (Å²) in [5, 5.41) is 7.75. The van der Waals surface area contributed by atoms with Gasteiger partial charge in [0.2, 0.25) is 11.8 Å². The molecular weight excluding hydrogens is 476 g/mol. The lowest BCUT2D eigenvalue weighted by Gasteiger charge is -2.32. The quantitative estimate of drug-likeness (QED) is 0.460. The van der Waals surface area contributed by atoms with E-state index < -0.39 is 5.91 Å². The average Bonchev–Trinajstić information content (AvgIpc) is 3.30.